The van der Waals surface area contributed by atoms with Crippen LogP contribution in [-0.2, 0) is 19.1 Å². The van der Waals surface area contributed by atoms with Crippen molar-refractivity contribution in [1.82, 2.24) is 5.32 Å². The number of morpholine rings is 1. The van der Waals surface area contributed by atoms with Gasteiger partial charge in [0.1, 0.15) is 0 Å². The molecule has 1 fully saturated rings. The van der Waals surface area contributed by atoms with E-state index in [0.717, 1.165) is 18.8 Å². The fourth-order valence-electron chi connectivity index (χ4n) is 2.34. The van der Waals surface area contributed by atoms with Gasteiger partial charge in [-0.15, -0.1) is 0 Å². The number of benzene rings is 1. The summed E-state index contributed by atoms with van der Waals surface area (Å²) < 4.78 is 10.2. The highest BCUT2D eigenvalue weighted by molar-refractivity contribution is 6.39. The zero-order chi connectivity index (χ0) is 16.5. The van der Waals surface area contributed by atoms with Crippen LogP contribution in [0.25, 0.3) is 0 Å². The van der Waals surface area contributed by atoms with E-state index in [-0.39, 0.29) is 0 Å². The zero-order valence-electron chi connectivity index (χ0n) is 13.3. The van der Waals surface area contributed by atoms with Crippen molar-refractivity contribution in [2.24, 2.45) is 0 Å². The second kappa shape index (κ2) is 9.12. The lowest BCUT2D eigenvalue weighted by molar-refractivity contribution is -0.136. The van der Waals surface area contributed by atoms with Crippen LogP contribution in [0.5, 0.6) is 0 Å². The molecule has 126 valence electrons. The molecule has 1 saturated heterocycles. The van der Waals surface area contributed by atoms with Gasteiger partial charge in [-0.1, -0.05) is 12.1 Å². The van der Waals surface area contributed by atoms with Crippen molar-refractivity contribution < 1.29 is 19.1 Å². The molecule has 2 amide bonds. The Labute approximate surface area is 135 Å². The number of nitrogens with one attached hydrogen (secondary N) is 2. The first-order valence-electron chi connectivity index (χ1n) is 7.72. The Balaban J connectivity index is 1.93. The van der Waals surface area contributed by atoms with E-state index in [0.29, 0.717) is 38.5 Å². The molecule has 0 saturated carbocycles. The molecular weight excluding hydrogens is 298 g/mol. The summed E-state index contributed by atoms with van der Waals surface area (Å²) in [6, 6.07) is 7.46. The molecule has 1 aromatic carbocycles. The third-order valence-corrected chi connectivity index (χ3v) is 3.52. The Bertz CT molecular complexity index is 530. The summed E-state index contributed by atoms with van der Waals surface area (Å²) in [6.07, 6.45) is 0.667. The van der Waals surface area contributed by atoms with E-state index in [1.807, 2.05) is 18.2 Å². The predicted molar refractivity (Wildman–Crippen MR) is 87.6 cm³/mol. The maximum Gasteiger partial charge on any atom is 0.313 e. The maximum absolute atomic E-state index is 12.0. The van der Waals surface area contributed by atoms with E-state index in [4.69, 9.17) is 9.47 Å². The normalized spacial score (nSPS) is 14.4. The van der Waals surface area contributed by atoms with Crippen molar-refractivity contribution in [2.45, 2.75) is 6.42 Å². The summed E-state index contributed by atoms with van der Waals surface area (Å²) in [6.45, 7) is 3.78. The molecular formula is C16H23N3O4. The number of ether oxygens (including phenoxy) is 2. The Kier molecular flexibility index (Phi) is 6.83. The lowest BCUT2D eigenvalue weighted by Crippen LogP contribution is -2.38. The molecule has 2 rings (SSSR count). The van der Waals surface area contributed by atoms with Crippen LogP contribution in [0.1, 0.15) is 6.42 Å². The Morgan fingerprint density at radius 3 is 2.70 bits per heavy atom. The summed E-state index contributed by atoms with van der Waals surface area (Å²) in [5, 5.41) is 5.26. The van der Waals surface area contributed by atoms with Crippen molar-refractivity contribution in [2.75, 3.05) is 56.8 Å². The molecule has 0 aromatic heterocycles. The van der Waals surface area contributed by atoms with Crippen molar-refractivity contribution in [3.63, 3.8) is 0 Å². The van der Waals surface area contributed by atoms with E-state index < -0.39 is 11.8 Å². The number of rotatable bonds is 6. The highest BCUT2D eigenvalue weighted by Gasteiger charge is 2.18. The summed E-state index contributed by atoms with van der Waals surface area (Å²) in [7, 11) is 1.59. The number of anilines is 2. The molecule has 0 unspecified atom stereocenters. The zero-order valence-corrected chi connectivity index (χ0v) is 13.3. The van der Waals surface area contributed by atoms with Gasteiger partial charge in [0.25, 0.3) is 0 Å². The minimum Gasteiger partial charge on any atom is -0.385 e. The van der Waals surface area contributed by atoms with Gasteiger partial charge in [0, 0.05) is 33.4 Å². The topological polar surface area (TPSA) is 79.9 Å². The number of nitrogens with zero attached hydrogens (tertiary/aromatic N) is 1. The van der Waals surface area contributed by atoms with Gasteiger partial charge in [0.05, 0.1) is 24.6 Å². The molecule has 0 aliphatic carbocycles. The van der Waals surface area contributed by atoms with E-state index in [1.165, 1.54) is 0 Å². The molecule has 2 N–H and O–H groups in total. The number of carbonyl (C=O) groups is 2. The van der Waals surface area contributed by atoms with Crippen LogP contribution in [0, 0.1) is 0 Å². The predicted octanol–water partition coefficient (Wildman–Crippen LogP) is 0.614. The first kappa shape index (κ1) is 17.2. The second-order valence-electron chi connectivity index (χ2n) is 5.17. The number of hydrogen-bond acceptors (Lipinski definition) is 5. The Hall–Kier alpha value is -2.12. The van der Waals surface area contributed by atoms with Gasteiger partial charge >= 0.3 is 11.8 Å². The van der Waals surface area contributed by atoms with Crippen LogP contribution in [0.15, 0.2) is 24.3 Å². The molecule has 1 aromatic rings. The van der Waals surface area contributed by atoms with Crippen LogP contribution < -0.4 is 15.5 Å². The summed E-state index contributed by atoms with van der Waals surface area (Å²) in [5.41, 5.74) is 1.53. The van der Waals surface area contributed by atoms with E-state index in [2.05, 4.69) is 15.5 Å². The van der Waals surface area contributed by atoms with Gasteiger partial charge in [-0.25, -0.2) is 0 Å². The molecule has 1 aliphatic heterocycles. The highest BCUT2D eigenvalue weighted by atomic mass is 16.5. The summed E-state index contributed by atoms with van der Waals surface area (Å²) in [4.78, 5) is 25.9. The Morgan fingerprint density at radius 1 is 1.22 bits per heavy atom. The van der Waals surface area contributed by atoms with Crippen LogP contribution in [0.3, 0.4) is 0 Å². The van der Waals surface area contributed by atoms with Crippen LogP contribution in [0.4, 0.5) is 11.4 Å². The van der Waals surface area contributed by atoms with Gasteiger partial charge in [0.15, 0.2) is 0 Å². The van der Waals surface area contributed by atoms with Crippen LogP contribution in [0.2, 0.25) is 0 Å². The summed E-state index contributed by atoms with van der Waals surface area (Å²) in [5.74, 6) is -1.30. The second-order valence-corrected chi connectivity index (χ2v) is 5.17. The lowest BCUT2D eigenvalue weighted by atomic mass is 10.2. The van der Waals surface area contributed by atoms with E-state index in [9.17, 15) is 9.59 Å². The van der Waals surface area contributed by atoms with E-state index in [1.54, 1.807) is 13.2 Å². The minimum atomic E-state index is -0.664. The van der Waals surface area contributed by atoms with Crippen molar-refractivity contribution >= 4 is 23.2 Å². The molecule has 7 heteroatoms. The van der Waals surface area contributed by atoms with Gasteiger partial charge in [-0.05, 0) is 18.6 Å². The fourth-order valence-corrected chi connectivity index (χ4v) is 2.34. The maximum atomic E-state index is 12.0. The SMILES string of the molecule is COCCCNC(=O)C(=O)Nc1ccccc1N1CCOCC1. The molecule has 0 bridgehead atoms. The molecule has 0 spiro atoms. The molecule has 0 radical (unpaired) electrons. The number of methoxy groups -OCH3 is 1. The largest absolute Gasteiger partial charge is 0.385 e. The summed E-state index contributed by atoms with van der Waals surface area (Å²) >= 11 is 0. The minimum absolute atomic E-state index is 0.408. The van der Waals surface area contributed by atoms with Crippen LogP contribution in [-0.4, -0.2) is 58.4 Å². The first-order chi connectivity index (χ1) is 11.2. The molecule has 23 heavy (non-hydrogen) atoms. The fraction of sp³-hybridized carbons (Fsp3) is 0.500. The number of amides is 2. The lowest BCUT2D eigenvalue weighted by Gasteiger charge is -2.30. The third kappa shape index (κ3) is 5.22. The Morgan fingerprint density at radius 2 is 1.96 bits per heavy atom. The highest BCUT2D eigenvalue weighted by Crippen LogP contribution is 2.26. The van der Waals surface area contributed by atoms with E-state index >= 15 is 0 Å². The average molecular weight is 321 g/mol. The van der Waals surface area contributed by atoms with Gasteiger partial charge in [-0.3, -0.25) is 9.59 Å². The smallest absolute Gasteiger partial charge is 0.313 e. The van der Waals surface area contributed by atoms with Crippen molar-refractivity contribution in [3.05, 3.63) is 24.3 Å². The number of carbonyl (C=O) groups excluding carboxylic acids is 2. The third-order valence-electron chi connectivity index (χ3n) is 3.52. The van der Waals surface area contributed by atoms with Gasteiger partial charge in [-0.2, -0.15) is 0 Å². The van der Waals surface area contributed by atoms with Crippen molar-refractivity contribution in [3.8, 4) is 0 Å². The number of para-hydroxylation sites is 2. The standard InChI is InChI=1S/C16H23N3O4/c1-22-10-4-7-17-15(20)16(21)18-13-5-2-3-6-14(13)19-8-11-23-12-9-19/h2-3,5-6H,4,7-12H2,1H3,(H,17,20)(H,18,21). The van der Waals surface area contributed by atoms with Gasteiger partial charge in [0.2, 0.25) is 0 Å². The molecule has 1 heterocycles. The van der Waals surface area contributed by atoms with Crippen LogP contribution >= 0.6 is 0 Å². The first-order valence-corrected chi connectivity index (χ1v) is 7.72. The molecule has 1 aliphatic rings. The molecule has 0 atom stereocenters. The quantitative estimate of drug-likeness (QED) is 0.593. The van der Waals surface area contributed by atoms with Crippen molar-refractivity contribution in [1.29, 1.82) is 0 Å². The average Bonchev–Trinajstić information content (AvgIpc) is 2.59. The number of hydrogen-bond donors (Lipinski definition) is 2. The molecule has 7 nitrogen and oxygen atoms in total. The van der Waals surface area contributed by atoms with Gasteiger partial charge < -0.3 is 25.0 Å². The monoisotopic (exact) mass is 321 g/mol.